The molecule has 1 aromatic rings. The maximum Gasteiger partial charge on any atom is 0.0609 e. The third kappa shape index (κ3) is 1.04. The van der Waals surface area contributed by atoms with Crippen LogP contribution in [0.5, 0.6) is 0 Å². The lowest BCUT2D eigenvalue weighted by molar-refractivity contribution is 0.684. The van der Waals surface area contributed by atoms with Crippen molar-refractivity contribution in [2.24, 2.45) is 0 Å². The number of nitrogens with two attached hydrogens (primary N) is 1. The van der Waals surface area contributed by atoms with Crippen LogP contribution in [0.25, 0.3) is 0 Å². The van der Waals surface area contributed by atoms with Gasteiger partial charge >= 0.3 is 0 Å². The quantitative estimate of drug-likeness (QED) is 0.574. The Labute approximate surface area is 72.8 Å². The van der Waals surface area contributed by atoms with E-state index in [1.165, 1.54) is 12.0 Å². The molecule has 1 aromatic carbocycles. The minimum Gasteiger partial charge on any atom is -0.397 e. The molecule has 0 saturated carbocycles. The largest absolute Gasteiger partial charge is 0.397 e. The molecule has 64 valence electrons. The number of anilines is 2. The Hall–Kier alpha value is -1.18. The number of benzene rings is 1. The molecule has 1 aliphatic rings. The molecule has 0 aliphatic carbocycles. The summed E-state index contributed by atoms with van der Waals surface area (Å²) in [6.07, 6.45) is 1.20. The van der Waals surface area contributed by atoms with Gasteiger partial charge in [-0.1, -0.05) is 19.1 Å². The van der Waals surface area contributed by atoms with E-state index in [4.69, 9.17) is 5.73 Å². The van der Waals surface area contributed by atoms with Crippen LogP contribution in [-0.2, 0) is 0 Å². The van der Waals surface area contributed by atoms with Crippen LogP contribution in [0, 0.1) is 0 Å². The first-order valence-corrected chi connectivity index (χ1v) is 4.41. The monoisotopic (exact) mass is 162 g/mol. The Morgan fingerprint density at radius 3 is 3.08 bits per heavy atom. The van der Waals surface area contributed by atoms with Gasteiger partial charge in [0.1, 0.15) is 0 Å². The zero-order chi connectivity index (χ0) is 8.55. The van der Waals surface area contributed by atoms with Crippen molar-refractivity contribution >= 4 is 11.4 Å². The molecular formula is C10H14N2. The zero-order valence-electron chi connectivity index (χ0n) is 7.30. The molecule has 0 radical (unpaired) electrons. The first-order valence-electron chi connectivity index (χ1n) is 4.41. The first-order chi connectivity index (χ1) is 5.79. The molecule has 0 amide bonds. The number of hydrogen-bond acceptors (Lipinski definition) is 2. The van der Waals surface area contributed by atoms with Crippen LogP contribution in [-0.4, -0.2) is 6.54 Å². The van der Waals surface area contributed by atoms with Crippen LogP contribution in [0.1, 0.15) is 24.8 Å². The van der Waals surface area contributed by atoms with Gasteiger partial charge in [0.05, 0.1) is 11.4 Å². The van der Waals surface area contributed by atoms with Gasteiger partial charge in [0.2, 0.25) is 0 Å². The van der Waals surface area contributed by atoms with Gasteiger partial charge in [-0.3, -0.25) is 0 Å². The van der Waals surface area contributed by atoms with Crippen molar-refractivity contribution < 1.29 is 0 Å². The zero-order valence-corrected chi connectivity index (χ0v) is 7.30. The molecule has 0 fully saturated rings. The fourth-order valence-corrected chi connectivity index (χ4v) is 1.77. The number of para-hydroxylation sites is 1. The van der Waals surface area contributed by atoms with Gasteiger partial charge in [-0.05, 0) is 24.0 Å². The van der Waals surface area contributed by atoms with Crippen LogP contribution in [0.15, 0.2) is 18.2 Å². The molecule has 2 nitrogen and oxygen atoms in total. The summed E-state index contributed by atoms with van der Waals surface area (Å²) in [6, 6.07) is 6.13. The number of rotatable bonds is 0. The highest BCUT2D eigenvalue weighted by atomic mass is 14.9. The van der Waals surface area contributed by atoms with Gasteiger partial charge in [-0.25, -0.2) is 0 Å². The first kappa shape index (κ1) is 7.47. The molecule has 0 spiro atoms. The Morgan fingerprint density at radius 1 is 1.50 bits per heavy atom. The average molecular weight is 162 g/mol. The Morgan fingerprint density at radius 2 is 2.33 bits per heavy atom. The second-order valence-electron chi connectivity index (χ2n) is 3.43. The Balaban J connectivity index is 2.52. The van der Waals surface area contributed by atoms with E-state index in [0.717, 1.165) is 17.9 Å². The minimum absolute atomic E-state index is 0.643. The third-order valence-electron chi connectivity index (χ3n) is 2.54. The lowest BCUT2D eigenvalue weighted by Crippen LogP contribution is -2.16. The summed E-state index contributed by atoms with van der Waals surface area (Å²) in [5.41, 5.74) is 9.23. The minimum atomic E-state index is 0.643. The van der Waals surface area contributed by atoms with E-state index < -0.39 is 0 Å². The second kappa shape index (κ2) is 2.70. The fourth-order valence-electron chi connectivity index (χ4n) is 1.77. The van der Waals surface area contributed by atoms with Crippen molar-refractivity contribution in [2.75, 3.05) is 17.6 Å². The van der Waals surface area contributed by atoms with Crippen molar-refractivity contribution in [3.8, 4) is 0 Å². The fraction of sp³-hybridized carbons (Fsp3) is 0.400. The van der Waals surface area contributed by atoms with Crippen molar-refractivity contribution in [1.29, 1.82) is 0 Å². The molecule has 2 rings (SSSR count). The summed E-state index contributed by atoms with van der Waals surface area (Å²) in [6.45, 7) is 3.29. The standard InChI is InChI=1S/C10H14N2/c1-7-5-6-12-10-8(7)3-2-4-9(10)11/h2-4,7,12H,5-6,11H2,1H3. The molecule has 1 unspecified atom stereocenters. The molecule has 1 atom stereocenters. The van der Waals surface area contributed by atoms with Crippen molar-refractivity contribution in [1.82, 2.24) is 0 Å². The summed E-state index contributed by atoms with van der Waals surface area (Å²) in [7, 11) is 0. The highest BCUT2D eigenvalue weighted by Gasteiger charge is 2.16. The molecule has 0 saturated heterocycles. The van der Waals surface area contributed by atoms with Gasteiger partial charge in [-0.2, -0.15) is 0 Å². The van der Waals surface area contributed by atoms with Gasteiger partial charge in [0.25, 0.3) is 0 Å². The van der Waals surface area contributed by atoms with Crippen LogP contribution in [0.2, 0.25) is 0 Å². The summed E-state index contributed by atoms with van der Waals surface area (Å²) in [5.74, 6) is 0.643. The molecule has 2 heteroatoms. The van der Waals surface area contributed by atoms with Crippen LogP contribution >= 0.6 is 0 Å². The van der Waals surface area contributed by atoms with E-state index in [9.17, 15) is 0 Å². The number of fused-ring (bicyclic) bond motifs is 1. The van der Waals surface area contributed by atoms with E-state index >= 15 is 0 Å². The third-order valence-corrected chi connectivity index (χ3v) is 2.54. The predicted octanol–water partition coefficient (Wildman–Crippen LogP) is 2.19. The highest BCUT2D eigenvalue weighted by Crippen LogP contribution is 2.34. The van der Waals surface area contributed by atoms with E-state index in [2.05, 4.69) is 18.3 Å². The molecule has 0 aromatic heterocycles. The predicted molar refractivity (Wildman–Crippen MR) is 52.4 cm³/mol. The van der Waals surface area contributed by atoms with E-state index in [1.54, 1.807) is 0 Å². The number of nitrogen functional groups attached to an aromatic ring is 1. The molecular weight excluding hydrogens is 148 g/mol. The normalized spacial score (nSPS) is 21.2. The maximum absolute atomic E-state index is 5.84. The smallest absolute Gasteiger partial charge is 0.0609 e. The van der Waals surface area contributed by atoms with Gasteiger partial charge in [0, 0.05) is 6.54 Å². The Kier molecular flexibility index (Phi) is 1.68. The van der Waals surface area contributed by atoms with Gasteiger partial charge in [-0.15, -0.1) is 0 Å². The SMILES string of the molecule is CC1CCNc2c(N)cccc21. The molecule has 0 bridgehead atoms. The summed E-state index contributed by atoms with van der Waals surface area (Å²) in [5, 5.41) is 3.34. The Bertz CT molecular complexity index is 294. The van der Waals surface area contributed by atoms with Crippen LogP contribution < -0.4 is 11.1 Å². The average Bonchev–Trinajstić information content (AvgIpc) is 2.07. The number of nitrogens with one attached hydrogen (secondary N) is 1. The lowest BCUT2D eigenvalue weighted by Gasteiger charge is -2.24. The molecule has 1 heterocycles. The van der Waals surface area contributed by atoms with Crippen LogP contribution in [0.4, 0.5) is 11.4 Å². The molecule has 12 heavy (non-hydrogen) atoms. The highest BCUT2D eigenvalue weighted by molar-refractivity contribution is 5.71. The van der Waals surface area contributed by atoms with E-state index in [-0.39, 0.29) is 0 Å². The van der Waals surface area contributed by atoms with Crippen molar-refractivity contribution in [3.63, 3.8) is 0 Å². The van der Waals surface area contributed by atoms with E-state index in [1.807, 2.05) is 12.1 Å². The lowest BCUT2D eigenvalue weighted by atomic mass is 9.92. The maximum atomic E-state index is 5.84. The second-order valence-corrected chi connectivity index (χ2v) is 3.43. The summed E-state index contributed by atoms with van der Waals surface area (Å²) in [4.78, 5) is 0. The molecule has 1 aliphatic heterocycles. The summed E-state index contributed by atoms with van der Waals surface area (Å²) < 4.78 is 0. The van der Waals surface area contributed by atoms with Gasteiger partial charge < -0.3 is 11.1 Å². The van der Waals surface area contributed by atoms with Gasteiger partial charge in [0.15, 0.2) is 0 Å². The molecule has 3 N–H and O–H groups in total. The van der Waals surface area contributed by atoms with Crippen molar-refractivity contribution in [2.45, 2.75) is 19.3 Å². The van der Waals surface area contributed by atoms with E-state index in [0.29, 0.717) is 5.92 Å². The van der Waals surface area contributed by atoms with Crippen molar-refractivity contribution in [3.05, 3.63) is 23.8 Å². The topological polar surface area (TPSA) is 38.0 Å². The number of hydrogen-bond donors (Lipinski definition) is 2. The summed E-state index contributed by atoms with van der Waals surface area (Å²) >= 11 is 0. The van der Waals surface area contributed by atoms with Crippen LogP contribution in [0.3, 0.4) is 0 Å².